The number of hydrogen-bond acceptors (Lipinski definition) is 6. The Balaban J connectivity index is 1.83. The molecule has 182 valence electrons. The van der Waals surface area contributed by atoms with Crippen molar-refractivity contribution in [3.63, 3.8) is 0 Å². The average molecular weight is 484 g/mol. The zero-order chi connectivity index (χ0) is 24.4. The van der Waals surface area contributed by atoms with Crippen LogP contribution in [-0.4, -0.2) is 68.9 Å². The quantitative estimate of drug-likeness (QED) is 0.463. The van der Waals surface area contributed by atoms with Gasteiger partial charge in [-0.15, -0.1) is 11.8 Å². The van der Waals surface area contributed by atoms with Gasteiger partial charge in [-0.2, -0.15) is 0 Å². The Kier molecular flexibility index (Phi) is 8.15. The molecule has 0 aliphatic carbocycles. The first-order valence-electron chi connectivity index (χ1n) is 11.0. The number of amides is 1. The third-order valence-corrected chi connectivity index (χ3v) is 8.28. The van der Waals surface area contributed by atoms with Crippen molar-refractivity contribution in [3.05, 3.63) is 46.0 Å². The third-order valence-electron chi connectivity index (χ3n) is 6.79. The van der Waals surface area contributed by atoms with Gasteiger partial charge in [0.15, 0.2) is 0 Å². The Hall–Kier alpha value is -2.01. The summed E-state index contributed by atoms with van der Waals surface area (Å²) in [6.45, 7) is 6.33. The molecule has 2 aliphatic rings. The van der Waals surface area contributed by atoms with Crippen LogP contribution in [0.5, 0.6) is 0 Å². The van der Waals surface area contributed by atoms with Crippen LogP contribution in [0.3, 0.4) is 0 Å². The van der Waals surface area contributed by atoms with E-state index in [-0.39, 0.29) is 40.9 Å². The number of aliphatic hydroxyl groups excluding tert-OH is 1. The molecule has 4 N–H and O–H groups in total. The van der Waals surface area contributed by atoms with E-state index in [1.807, 2.05) is 11.8 Å². The Bertz CT molecular complexity index is 929. The first-order valence-corrected chi connectivity index (χ1v) is 11.9. The fourth-order valence-electron chi connectivity index (χ4n) is 4.91. The van der Waals surface area contributed by atoms with Gasteiger partial charge in [-0.05, 0) is 31.5 Å². The topological polar surface area (TPSA) is 107 Å². The van der Waals surface area contributed by atoms with E-state index in [2.05, 4.69) is 0 Å². The van der Waals surface area contributed by atoms with Gasteiger partial charge in [-0.3, -0.25) is 9.69 Å². The number of hydrogen-bond donors (Lipinski definition) is 3. The lowest BCUT2D eigenvalue weighted by Gasteiger charge is -2.32. The lowest BCUT2D eigenvalue weighted by atomic mass is 9.88. The van der Waals surface area contributed by atoms with Crippen molar-refractivity contribution in [1.82, 2.24) is 9.80 Å². The predicted molar refractivity (Wildman–Crippen MR) is 122 cm³/mol. The van der Waals surface area contributed by atoms with Gasteiger partial charge < -0.3 is 20.8 Å². The number of thioether (sulfide) groups is 1. The minimum Gasteiger partial charge on any atom is -0.477 e. The molecule has 10 heteroatoms. The molecular weight excluding hydrogens is 452 g/mol. The van der Waals surface area contributed by atoms with E-state index in [1.165, 1.54) is 22.7 Å². The molecule has 1 aromatic rings. The summed E-state index contributed by atoms with van der Waals surface area (Å²) in [5.41, 5.74) is 6.14. The van der Waals surface area contributed by atoms with Crippen LogP contribution < -0.4 is 5.73 Å². The molecule has 1 amide bonds. The largest absolute Gasteiger partial charge is 0.477 e. The number of nitrogens with two attached hydrogens (primary N) is 1. The number of halogens is 2. The summed E-state index contributed by atoms with van der Waals surface area (Å²) < 4.78 is 27.8. The molecule has 0 bridgehead atoms. The molecule has 1 aromatic carbocycles. The zero-order valence-electron chi connectivity index (χ0n) is 18.9. The van der Waals surface area contributed by atoms with E-state index in [0.717, 1.165) is 12.1 Å². The molecule has 2 heterocycles. The second-order valence-corrected chi connectivity index (χ2v) is 10.3. The molecule has 6 atom stereocenters. The second-order valence-electron chi connectivity index (χ2n) is 8.94. The number of carboxylic acid groups (broad SMARTS) is 1. The van der Waals surface area contributed by atoms with E-state index in [1.54, 1.807) is 13.8 Å². The summed E-state index contributed by atoms with van der Waals surface area (Å²) in [4.78, 5) is 27.7. The minimum absolute atomic E-state index is 0.0314. The molecule has 0 radical (unpaired) electrons. The monoisotopic (exact) mass is 483 g/mol. The molecule has 33 heavy (non-hydrogen) atoms. The average Bonchev–Trinajstić information content (AvgIpc) is 3.27. The standard InChI is InChI=1S/C23H31F2N3O4S/c1-12(14(3)30)20-13(2)22(21(23(31)32)28(20)11-29)33-18-7-17(8-26)27(10-18)9-15-6-16(24)4-5-19(15)25/h4-6,11-14,17-18,20,30H,7-10,26H2,1-3H3,(H,31,32)/t12-,13-,14-,17+,18+,20?/m1/s1. The van der Waals surface area contributed by atoms with Crippen molar-refractivity contribution in [3.8, 4) is 0 Å². The SMILES string of the molecule is C[C@H]1C(S[C@H]2C[C@@H](CN)N(Cc3cc(F)ccc3F)C2)=C(C(=O)O)N(C=O)C1[C@H](C)[C@@H](C)O. The van der Waals surface area contributed by atoms with Crippen molar-refractivity contribution in [2.24, 2.45) is 17.6 Å². The van der Waals surface area contributed by atoms with Gasteiger partial charge in [0, 0.05) is 59.3 Å². The fourth-order valence-corrected chi connectivity index (χ4v) is 6.51. The highest BCUT2D eigenvalue weighted by molar-refractivity contribution is 8.03. The highest BCUT2D eigenvalue weighted by atomic mass is 32.2. The van der Waals surface area contributed by atoms with E-state index in [9.17, 15) is 28.6 Å². The number of benzene rings is 1. The molecule has 3 rings (SSSR count). The zero-order valence-corrected chi connectivity index (χ0v) is 19.8. The molecule has 1 saturated heterocycles. The normalized spacial score (nSPS) is 27.8. The van der Waals surface area contributed by atoms with Gasteiger partial charge in [-0.25, -0.2) is 13.6 Å². The number of carboxylic acids is 1. The number of rotatable bonds is 9. The van der Waals surface area contributed by atoms with Crippen molar-refractivity contribution >= 4 is 24.1 Å². The summed E-state index contributed by atoms with van der Waals surface area (Å²) >= 11 is 1.40. The van der Waals surface area contributed by atoms with E-state index >= 15 is 0 Å². The molecule has 0 aromatic heterocycles. The molecule has 7 nitrogen and oxygen atoms in total. The smallest absolute Gasteiger partial charge is 0.353 e. The molecule has 1 fully saturated rings. The number of nitrogens with zero attached hydrogens (tertiary/aromatic N) is 2. The number of aliphatic hydroxyl groups is 1. The number of carbonyl (C=O) groups excluding carboxylic acids is 1. The van der Waals surface area contributed by atoms with Gasteiger partial charge in [0.05, 0.1) is 6.10 Å². The van der Waals surface area contributed by atoms with Crippen molar-refractivity contribution in [2.45, 2.75) is 57.2 Å². The number of likely N-dealkylation sites (tertiary alicyclic amines) is 1. The summed E-state index contributed by atoms with van der Waals surface area (Å²) in [5.74, 6) is -2.79. The maximum atomic E-state index is 14.2. The number of aliphatic carboxylic acids is 1. The highest BCUT2D eigenvalue weighted by Gasteiger charge is 2.46. The molecule has 2 aliphatic heterocycles. The third kappa shape index (κ3) is 5.24. The van der Waals surface area contributed by atoms with Crippen LogP contribution in [0.4, 0.5) is 8.78 Å². The fraction of sp³-hybridized carbons (Fsp3) is 0.565. The van der Waals surface area contributed by atoms with E-state index in [4.69, 9.17) is 5.73 Å². The van der Waals surface area contributed by atoms with Crippen LogP contribution in [0.2, 0.25) is 0 Å². The maximum Gasteiger partial charge on any atom is 0.353 e. The first kappa shape index (κ1) is 25.6. The van der Waals surface area contributed by atoms with Gasteiger partial charge in [0.1, 0.15) is 17.3 Å². The predicted octanol–water partition coefficient (Wildman–Crippen LogP) is 2.39. The summed E-state index contributed by atoms with van der Waals surface area (Å²) in [7, 11) is 0. The van der Waals surface area contributed by atoms with Crippen molar-refractivity contribution in [1.29, 1.82) is 0 Å². The molecule has 0 spiro atoms. The van der Waals surface area contributed by atoms with E-state index in [0.29, 0.717) is 30.8 Å². The van der Waals surface area contributed by atoms with Gasteiger partial charge in [0.2, 0.25) is 6.41 Å². The Morgan fingerprint density at radius 2 is 2.06 bits per heavy atom. The lowest BCUT2D eigenvalue weighted by Crippen LogP contribution is -2.42. The van der Waals surface area contributed by atoms with Crippen LogP contribution in [0, 0.1) is 23.5 Å². The Morgan fingerprint density at radius 3 is 2.64 bits per heavy atom. The molecule has 0 saturated carbocycles. The van der Waals surface area contributed by atoms with Crippen molar-refractivity contribution < 1.29 is 28.6 Å². The summed E-state index contributed by atoms with van der Waals surface area (Å²) in [6, 6.07) is 2.82. The van der Waals surface area contributed by atoms with Crippen LogP contribution in [0.1, 0.15) is 32.8 Å². The van der Waals surface area contributed by atoms with Crippen LogP contribution in [-0.2, 0) is 16.1 Å². The lowest BCUT2D eigenvalue weighted by molar-refractivity contribution is -0.137. The number of carbonyl (C=O) groups is 2. The highest BCUT2D eigenvalue weighted by Crippen LogP contribution is 2.46. The van der Waals surface area contributed by atoms with Crippen LogP contribution in [0.25, 0.3) is 0 Å². The van der Waals surface area contributed by atoms with Crippen molar-refractivity contribution in [2.75, 3.05) is 13.1 Å². The molecule has 1 unspecified atom stereocenters. The Labute approximate surface area is 196 Å². The summed E-state index contributed by atoms with van der Waals surface area (Å²) in [6.07, 6.45) is 0.455. The second kappa shape index (κ2) is 10.5. The van der Waals surface area contributed by atoms with Gasteiger partial charge in [-0.1, -0.05) is 13.8 Å². The Morgan fingerprint density at radius 1 is 1.36 bits per heavy atom. The first-order chi connectivity index (χ1) is 15.6. The maximum absolute atomic E-state index is 14.2. The van der Waals surface area contributed by atoms with Gasteiger partial charge in [0.25, 0.3) is 0 Å². The van der Waals surface area contributed by atoms with Crippen LogP contribution in [0.15, 0.2) is 28.8 Å². The van der Waals surface area contributed by atoms with E-state index < -0.39 is 29.7 Å². The molecular formula is C23H31F2N3O4S. The minimum atomic E-state index is -1.19. The van der Waals surface area contributed by atoms with Gasteiger partial charge >= 0.3 is 5.97 Å². The summed E-state index contributed by atoms with van der Waals surface area (Å²) in [5, 5.41) is 19.9. The van der Waals surface area contributed by atoms with Crippen LogP contribution >= 0.6 is 11.8 Å².